The third-order valence-electron chi connectivity index (χ3n) is 2.77. The van der Waals surface area contributed by atoms with E-state index in [1.165, 1.54) is 12.8 Å². The average Bonchev–Trinajstić information content (AvgIpc) is 2.27. The molecule has 0 radical (unpaired) electrons. The summed E-state index contributed by atoms with van der Waals surface area (Å²) >= 11 is 0. The molecule has 0 bridgehead atoms. The second kappa shape index (κ2) is 6.70. The fourth-order valence-corrected chi connectivity index (χ4v) is 1.90. The normalized spacial score (nSPS) is 13.6. The van der Waals surface area contributed by atoms with Crippen LogP contribution in [0.3, 0.4) is 0 Å². The van der Waals surface area contributed by atoms with Gasteiger partial charge in [-0.25, -0.2) is 9.97 Å². The Bertz CT molecular complexity index is 303. The van der Waals surface area contributed by atoms with Gasteiger partial charge in [0, 0.05) is 12.4 Å². The maximum atomic E-state index is 4.34. The lowest BCUT2D eigenvalue weighted by Crippen LogP contribution is -2.23. The van der Waals surface area contributed by atoms with Gasteiger partial charge in [0.15, 0.2) is 0 Å². The van der Waals surface area contributed by atoms with Crippen LogP contribution in [0.4, 0.5) is 0 Å². The van der Waals surface area contributed by atoms with E-state index in [1.807, 2.05) is 18.5 Å². The smallest absolute Gasteiger partial charge is 0.145 e. The molecular formula is C14H25N3. The van der Waals surface area contributed by atoms with E-state index in [0.717, 1.165) is 18.8 Å². The van der Waals surface area contributed by atoms with E-state index in [0.29, 0.717) is 11.5 Å². The molecule has 17 heavy (non-hydrogen) atoms. The molecule has 1 N–H and O–H groups in total. The van der Waals surface area contributed by atoms with Crippen LogP contribution in [0.1, 0.15) is 58.8 Å². The Hall–Kier alpha value is -0.960. The molecule has 0 spiro atoms. The predicted octanol–water partition coefficient (Wildman–Crippen LogP) is 3.34. The minimum absolute atomic E-state index is 0.295. The van der Waals surface area contributed by atoms with Crippen LogP contribution in [-0.4, -0.2) is 16.5 Å². The maximum absolute atomic E-state index is 4.34. The van der Waals surface area contributed by atoms with Crippen molar-refractivity contribution in [2.75, 3.05) is 6.54 Å². The van der Waals surface area contributed by atoms with Gasteiger partial charge in [-0.15, -0.1) is 0 Å². The van der Waals surface area contributed by atoms with Crippen molar-refractivity contribution in [2.24, 2.45) is 5.41 Å². The van der Waals surface area contributed by atoms with Crippen LogP contribution >= 0.6 is 0 Å². The fraction of sp³-hybridized carbons (Fsp3) is 0.714. The first-order valence-corrected chi connectivity index (χ1v) is 6.53. The van der Waals surface area contributed by atoms with Crippen LogP contribution < -0.4 is 5.32 Å². The molecule has 0 amide bonds. The lowest BCUT2D eigenvalue weighted by molar-refractivity contribution is 0.342. The summed E-state index contributed by atoms with van der Waals surface area (Å²) < 4.78 is 0. The third-order valence-corrected chi connectivity index (χ3v) is 2.77. The van der Waals surface area contributed by atoms with Gasteiger partial charge in [-0.3, -0.25) is 0 Å². The van der Waals surface area contributed by atoms with Gasteiger partial charge in [-0.05, 0) is 30.9 Å². The summed E-state index contributed by atoms with van der Waals surface area (Å²) in [6.45, 7) is 9.94. The largest absolute Gasteiger partial charge is 0.308 e. The Morgan fingerprint density at radius 2 is 1.88 bits per heavy atom. The highest BCUT2D eigenvalue weighted by molar-refractivity contribution is 4.95. The molecule has 1 atom stereocenters. The van der Waals surface area contributed by atoms with Crippen LogP contribution in [0, 0.1) is 5.41 Å². The molecule has 0 aromatic carbocycles. The Labute approximate surface area is 105 Å². The van der Waals surface area contributed by atoms with Crippen molar-refractivity contribution in [3.63, 3.8) is 0 Å². The maximum Gasteiger partial charge on any atom is 0.145 e. The van der Waals surface area contributed by atoms with E-state index in [-0.39, 0.29) is 0 Å². The molecule has 1 heterocycles. The second-order valence-corrected chi connectivity index (χ2v) is 5.67. The van der Waals surface area contributed by atoms with Gasteiger partial charge < -0.3 is 5.32 Å². The van der Waals surface area contributed by atoms with Gasteiger partial charge in [-0.1, -0.05) is 34.1 Å². The quantitative estimate of drug-likeness (QED) is 0.821. The zero-order valence-corrected chi connectivity index (χ0v) is 11.5. The molecule has 0 aliphatic carbocycles. The second-order valence-electron chi connectivity index (χ2n) is 5.67. The third kappa shape index (κ3) is 5.78. The van der Waals surface area contributed by atoms with E-state index in [2.05, 4.69) is 43.0 Å². The first-order valence-electron chi connectivity index (χ1n) is 6.53. The summed E-state index contributed by atoms with van der Waals surface area (Å²) in [5.74, 6) is 0.920. The number of rotatable bonds is 6. The van der Waals surface area contributed by atoms with Gasteiger partial charge in [0.2, 0.25) is 0 Å². The van der Waals surface area contributed by atoms with E-state index in [4.69, 9.17) is 0 Å². The number of hydrogen-bond acceptors (Lipinski definition) is 3. The van der Waals surface area contributed by atoms with Crippen LogP contribution in [0.15, 0.2) is 18.5 Å². The molecule has 3 heteroatoms. The van der Waals surface area contributed by atoms with Gasteiger partial charge in [0.25, 0.3) is 0 Å². The molecule has 96 valence electrons. The topological polar surface area (TPSA) is 37.8 Å². The summed E-state index contributed by atoms with van der Waals surface area (Å²) in [6, 6.07) is 2.16. The monoisotopic (exact) mass is 235 g/mol. The summed E-state index contributed by atoms with van der Waals surface area (Å²) in [6.07, 6.45) is 7.18. The van der Waals surface area contributed by atoms with Crippen molar-refractivity contribution >= 4 is 0 Å². The lowest BCUT2D eigenvalue weighted by atomic mass is 9.89. The summed E-state index contributed by atoms with van der Waals surface area (Å²) in [4.78, 5) is 8.68. The van der Waals surface area contributed by atoms with Crippen molar-refractivity contribution in [1.29, 1.82) is 0 Å². The summed E-state index contributed by atoms with van der Waals surface area (Å²) in [5, 5.41) is 3.46. The highest BCUT2D eigenvalue weighted by atomic mass is 15.0. The molecule has 1 aromatic rings. The van der Waals surface area contributed by atoms with E-state index in [1.54, 1.807) is 0 Å². The first-order chi connectivity index (χ1) is 8.03. The van der Waals surface area contributed by atoms with E-state index >= 15 is 0 Å². The Kier molecular flexibility index (Phi) is 5.56. The molecule has 0 aliphatic heterocycles. The highest BCUT2D eigenvalue weighted by Gasteiger charge is 2.15. The number of aromatic nitrogens is 2. The van der Waals surface area contributed by atoms with Crippen LogP contribution in [0.5, 0.6) is 0 Å². The van der Waals surface area contributed by atoms with Crippen molar-refractivity contribution in [1.82, 2.24) is 15.3 Å². The summed E-state index contributed by atoms with van der Waals surface area (Å²) in [5.41, 5.74) is 0.411. The number of hydrogen-bond donors (Lipinski definition) is 1. The van der Waals surface area contributed by atoms with Crippen LogP contribution in [0.25, 0.3) is 0 Å². The van der Waals surface area contributed by atoms with Gasteiger partial charge in [0.05, 0.1) is 6.04 Å². The SMILES string of the molecule is CCNC(CCCC(C)(C)C)c1ncccn1. The standard InChI is InChI=1S/C14H25N3/c1-5-15-12(8-6-9-14(2,3)4)13-16-10-7-11-17-13/h7,10-12,15H,5-6,8-9H2,1-4H3. The van der Waals surface area contributed by atoms with Gasteiger partial charge >= 0.3 is 0 Å². The van der Waals surface area contributed by atoms with Gasteiger partial charge in [-0.2, -0.15) is 0 Å². The van der Waals surface area contributed by atoms with Gasteiger partial charge in [0.1, 0.15) is 5.82 Å². The molecule has 1 rings (SSSR count). The number of nitrogens with zero attached hydrogens (tertiary/aromatic N) is 2. The predicted molar refractivity (Wildman–Crippen MR) is 71.8 cm³/mol. The van der Waals surface area contributed by atoms with Crippen molar-refractivity contribution in [2.45, 2.75) is 53.0 Å². The van der Waals surface area contributed by atoms with E-state index in [9.17, 15) is 0 Å². The van der Waals surface area contributed by atoms with E-state index < -0.39 is 0 Å². The molecule has 1 aromatic heterocycles. The van der Waals surface area contributed by atoms with Crippen LogP contribution in [-0.2, 0) is 0 Å². The Morgan fingerprint density at radius 3 is 2.41 bits per heavy atom. The zero-order valence-electron chi connectivity index (χ0n) is 11.5. The molecule has 3 nitrogen and oxygen atoms in total. The van der Waals surface area contributed by atoms with Crippen molar-refractivity contribution < 1.29 is 0 Å². The van der Waals surface area contributed by atoms with Crippen molar-refractivity contribution in [3.8, 4) is 0 Å². The first kappa shape index (κ1) is 14.1. The van der Waals surface area contributed by atoms with Crippen molar-refractivity contribution in [3.05, 3.63) is 24.3 Å². The molecule has 0 fully saturated rings. The molecular weight excluding hydrogens is 210 g/mol. The minimum atomic E-state index is 0.295. The molecule has 0 aliphatic rings. The fourth-order valence-electron chi connectivity index (χ4n) is 1.90. The van der Waals surface area contributed by atoms with Crippen LogP contribution in [0.2, 0.25) is 0 Å². The molecule has 1 unspecified atom stereocenters. The Balaban J connectivity index is 2.50. The zero-order chi connectivity index (χ0) is 12.7. The molecule has 0 saturated carbocycles. The highest BCUT2D eigenvalue weighted by Crippen LogP contribution is 2.24. The molecule has 0 saturated heterocycles. The lowest BCUT2D eigenvalue weighted by Gasteiger charge is -2.21. The minimum Gasteiger partial charge on any atom is -0.308 e. The number of nitrogens with one attached hydrogen (secondary N) is 1. The summed E-state index contributed by atoms with van der Waals surface area (Å²) in [7, 11) is 0. The average molecular weight is 235 g/mol. The Morgan fingerprint density at radius 1 is 1.24 bits per heavy atom.